The molecule has 1 aliphatic rings. The Balaban J connectivity index is 1.50. The molecule has 1 unspecified atom stereocenters. The summed E-state index contributed by atoms with van der Waals surface area (Å²) < 4.78 is 47.8. The zero-order chi connectivity index (χ0) is 22.2. The number of rotatable bonds is 9. The lowest BCUT2D eigenvalue weighted by Crippen LogP contribution is -2.29. The molecule has 1 saturated heterocycles. The molecule has 1 aliphatic heterocycles. The van der Waals surface area contributed by atoms with E-state index in [0.29, 0.717) is 24.6 Å². The largest absolute Gasteiger partial charge is 0.490 e. The van der Waals surface area contributed by atoms with Crippen molar-refractivity contribution in [2.24, 2.45) is 5.92 Å². The molecule has 0 aliphatic carbocycles. The number of benzene rings is 2. The van der Waals surface area contributed by atoms with Crippen molar-refractivity contribution in [3.8, 4) is 11.5 Å². The summed E-state index contributed by atoms with van der Waals surface area (Å²) in [6.07, 6.45) is 3.92. The molecule has 31 heavy (non-hydrogen) atoms. The molecule has 2 aromatic rings. The first-order chi connectivity index (χ1) is 14.9. The quantitative estimate of drug-likeness (QED) is 0.592. The van der Waals surface area contributed by atoms with Gasteiger partial charge in [-0.25, -0.2) is 4.39 Å². The van der Waals surface area contributed by atoms with E-state index in [1.807, 2.05) is 0 Å². The van der Waals surface area contributed by atoms with E-state index in [9.17, 15) is 18.0 Å². The SMILES string of the molecule is CCOc1cc(C=CC(=O)NCC2CCN(c3ccc(F)cc3)C2)ccc1OC(F)F. The highest BCUT2D eigenvalue weighted by Gasteiger charge is 2.22. The highest BCUT2D eigenvalue weighted by Crippen LogP contribution is 2.30. The molecule has 1 N–H and O–H groups in total. The van der Waals surface area contributed by atoms with Gasteiger partial charge in [0.2, 0.25) is 5.91 Å². The Morgan fingerprint density at radius 1 is 1.23 bits per heavy atom. The highest BCUT2D eigenvalue weighted by molar-refractivity contribution is 5.91. The summed E-state index contributed by atoms with van der Waals surface area (Å²) >= 11 is 0. The molecule has 0 spiro atoms. The molecule has 5 nitrogen and oxygen atoms in total. The maximum absolute atomic E-state index is 13.1. The molecule has 3 rings (SSSR count). The predicted octanol–water partition coefficient (Wildman–Crippen LogP) is 4.48. The maximum Gasteiger partial charge on any atom is 0.387 e. The van der Waals surface area contributed by atoms with E-state index in [-0.39, 0.29) is 23.2 Å². The average molecular weight is 434 g/mol. The van der Waals surface area contributed by atoms with Crippen LogP contribution in [0.4, 0.5) is 18.9 Å². The van der Waals surface area contributed by atoms with Gasteiger partial charge in [0.05, 0.1) is 6.61 Å². The summed E-state index contributed by atoms with van der Waals surface area (Å²) in [6, 6.07) is 10.9. The van der Waals surface area contributed by atoms with Crippen LogP contribution in [-0.2, 0) is 4.79 Å². The van der Waals surface area contributed by atoms with Gasteiger partial charge < -0.3 is 19.7 Å². The second-order valence-corrected chi connectivity index (χ2v) is 7.17. The van der Waals surface area contributed by atoms with E-state index in [0.717, 1.165) is 25.2 Å². The molecule has 1 fully saturated rings. The van der Waals surface area contributed by atoms with Crippen LogP contribution in [-0.4, -0.2) is 38.8 Å². The summed E-state index contributed by atoms with van der Waals surface area (Å²) in [7, 11) is 0. The van der Waals surface area contributed by atoms with Crippen LogP contribution in [0.15, 0.2) is 48.5 Å². The zero-order valence-corrected chi connectivity index (χ0v) is 17.2. The van der Waals surface area contributed by atoms with Crippen molar-refractivity contribution in [1.29, 1.82) is 0 Å². The Kier molecular flexibility index (Phi) is 7.81. The zero-order valence-electron chi connectivity index (χ0n) is 17.2. The third-order valence-electron chi connectivity index (χ3n) is 4.95. The Bertz CT molecular complexity index is 903. The fourth-order valence-electron chi connectivity index (χ4n) is 3.45. The predicted molar refractivity (Wildman–Crippen MR) is 113 cm³/mol. The lowest BCUT2D eigenvalue weighted by atomic mass is 10.1. The van der Waals surface area contributed by atoms with Gasteiger partial charge in [-0.15, -0.1) is 0 Å². The standard InChI is InChI=1S/C23H25F3N2O3/c1-2-30-21-13-16(3-9-20(21)31-23(25)26)4-10-22(29)27-14-17-11-12-28(15-17)19-7-5-18(24)6-8-19/h3-10,13,17,23H,2,11-12,14-15H2,1H3,(H,27,29). The van der Waals surface area contributed by atoms with E-state index < -0.39 is 6.61 Å². The lowest BCUT2D eigenvalue weighted by molar-refractivity contribution is -0.116. The van der Waals surface area contributed by atoms with Crippen LogP contribution >= 0.6 is 0 Å². The minimum absolute atomic E-state index is 0.0506. The number of anilines is 1. The van der Waals surface area contributed by atoms with Gasteiger partial charge >= 0.3 is 6.61 Å². The number of nitrogens with zero attached hydrogens (tertiary/aromatic N) is 1. The molecule has 1 atom stereocenters. The number of hydrogen-bond acceptors (Lipinski definition) is 4. The Morgan fingerprint density at radius 2 is 2.00 bits per heavy atom. The van der Waals surface area contributed by atoms with Gasteiger partial charge in [0.25, 0.3) is 0 Å². The number of halogens is 3. The molecule has 0 radical (unpaired) electrons. The van der Waals surface area contributed by atoms with E-state index in [2.05, 4.69) is 15.0 Å². The molecule has 1 amide bonds. The number of alkyl halides is 2. The highest BCUT2D eigenvalue weighted by atomic mass is 19.3. The van der Waals surface area contributed by atoms with Crippen molar-refractivity contribution in [3.63, 3.8) is 0 Å². The number of nitrogens with one attached hydrogen (secondary N) is 1. The molecular weight excluding hydrogens is 409 g/mol. The van der Waals surface area contributed by atoms with Gasteiger partial charge in [0.1, 0.15) is 5.82 Å². The third-order valence-corrected chi connectivity index (χ3v) is 4.95. The summed E-state index contributed by atoms with van der Waals surface area (Å²) in [5.41, 5.74) is 1.60. The molecule has 166 valence electrons. The summed E-state index contributed by atoms with van der Waals surface area (Å²) in [6.45, 7) is 1.27. The van der Waals surface area contributed by atoms with Crippen molar-refractivity contribution in [1.82, 2.24) is 5.32 Å². The monoisotopic (exact) mass is 434 g/mol. The van der Waals surface area contributed by atoms with Crippen molar-refractivity contribution in [2.45, 2.75) is 20.0 Å². The second kappa shape index (κ2) is 10.7. The summed E-state index contributed by atoms with van der Waals surface area (Å²) in [5, 5.41) is 2.89. The first-order valence-corrected chi connectivity index (χ1v) is 10.1. The first kappa shape index (κ1) is 22.5. The van der Waals surface area contributed by atoms with Crippen LogP contribution in [0, 0.1) is 11.7 Å². The van der Waals surface area contributed by atoms with E-state index in [1.54, 1.807) is 37.3 Å². The molecule has 0 aromatic heterocycles. The summed E-state index contributed by atoms with van der Waals surface area (Å²) in [4.78, 5) is 14.3. The Hall–Kier alpha value is -3.16. The van der Waals surface area contributed by atoms with Crippen molar-refractivity contribution in [2.75, 3.05) is 31.1 Å². The minimum Gasteiger partial charge on any atom is -0.490 e. The minimum atomic E-state index is -2.94. The molecular formula is C23H25F3N2O3. The van der Waals surface area contributed by atoms with Crippen molar-refractivity contribution < 1.29 is 27.4 Å². The number of carbonyl (C=O) groups excluding carboxylic acids is 1. The van der Waals surface area contributed by atoms with Crippen LogP contribution in [0.2, 0.25) is 0 Å². The lowest BCUT2D eigenvalue weighted by Gasteiger charge is -2.18. The van der Waals surface area contributed by atoms with Crippen LogP contribution in [0.1, 0.15) is 18.9 Å². The number of ether oxygens (including phenoxy) is 2. The van der Waals surface area contributed by atoms with Crippen molar-refractivity contribution in [3.05, 3.63) is 59.9 Å². The fourth-order valence-corrected chi connectivity index (χ4v) is 3.45. The molecule has 2 aromatic carbocycles. The number of amides is 1. The maximum atomic E-state index is 13.1. The second-order valence-electron chi connectivity index (χ2n) is 7.17. The van der Waals surface area contributed by atoms with E-state index in [4.69, 9.17) is 4.74 Å². The van der Waals surface area contributed by atoms with Crippen LogP contribution in [0.3, 0.4) is 0 Å². The topological polar surface area (TPSA) is 50.8 Å². The van der Waals surface area contributed by atoms with Gasteiger partial charge in [-0.1, -0.05) is 6.07 Å². The molecule has 8 heteroatoms. The fraction of sp³-hybridized carbons (Fsp3) is 0.348. The summed E-state index contributed by atoms with van der Waals surface area (Å²) in [5.74, 6) is -0.0606. The smallest absolute Gasteiger partial charge is 0.387 e. The first-order valence-electron chi connectivity index (χ1n) is 10.1. The van der Waals surface area contributed by atoms with Gasteiger partial charge in [0.15, 0.2) is 11.5 Å². The third kappa shape index (κ3) is 6.67. The van der Waals surface area contributed by atoms with E-state index >= 15 is 0 Å². The normalized spacial score (nSPS) is 16.2. The van der Waals surface area contributed by atoms with Crippen LogP contribution in [0.25, 0.3) is 6.08 Å². The van der Waals surface area contributed by atoms with Crippen LogP contribution < -0.4 is 19.7 Å². The Morgan fingerprint density at radius 3 is 2.71 bits per heavy atom. The average Bonchev–Trinajstić information content (AvgIpc) is 3.22. The molecule has 0 bridgehead atoms. The van der Waals surface area contributed by atoms with Gasteiger partial charge in [-0.05, 0) is 67.3 Å². The Labute approximate surface area is 179 Å². The van der Waals surface area contributed by atoms with Gasteiger partial charge in [-0.2, -0.15) is 8.78 Å². The van der Waals surface area contributed by atoms with Crippen LogP contribution in [0.5, 0.6) is 11.5 Å². The molecule has 0 saturated carbocycles. The molecule has 1 heterocycles. The number of carbonyl (C=O) groups is 1. The van der Waals surface area contributed by atoms with Crippen molar-refractivity contribution >= 4 is 17.7 Å². The van der Waals surface area contributed by atoms with Gasteiger partial charge in [0, 0.05) is 31.4 Å². The number of hydrogen-bond donors (Lipinski definition) is 1. The van der Waals surface area contributed by atoms with E-state index in [1.165, 1.54) is 24.3 Å². The van der Waals surface area contributed by atoms with Gasteiger partial charge in [-0.3, -0.25) is 4.79 Å².